The Hall–Kier alpha value is -1.79. The lowest BCUT2D eigenvalue weighted by atomic mass is 9.85. The number of likely N-dealkylation sites (tertiary alicyclic amines) is 1. The van der Waals surface area contributed by atoms with E-state index in [-0.39, 0.29) is 23.7 Å². The second kappa shape index (κ2) is 6.50. The molecule has 0 bridgehead atoms. The van der Waals surface area contributed by atoms with Gasteiger partial charge in [0.1, 0.15) is 5.82 Å². The molecule has 0 aromatic heterocycles. The van der Waals surface area contributed by atoms with Crippen molar-refractivity contribution in [2.75, 3.05) is 26.4 Å². The number of nitrogens with zero attached hydrogens (tertiary/aromatic N) is 2. The zero-order valence-electron chi connectivity index (χ0n) is 14.2. The van der Waals surface area contributed by atoms with E-state index in [1.54, 1.807) is 12.1 Å². The molecule has 2 heterocycles. The summed E-state index contributed by atoms with van der Waals surface area (Å²) in [4.78, 5) is 28.7. The number of rotatable bonds is 3. The number of carbonyl (C=O) groups excluding carboxylic acids is 2. The first-order valence-electron chi connectivity index (χ1n) is 9.02. The molecule has 0 N–H and O–H groups in total. The lowest BCUT2D eigenvalue weighted by Gasteiger charge is -2.35. The molecule has 4 rings (SSSR count). The molecule has 0 radical (unpaired) electrons. The van der Waals surface area contributed by atoms with Gasteiger partial charge in [0.15, 0.2) is 0 Å². The lowest BCUT2D eigenvalue weighted by Crippen LogP contribution is -2.47. The molecule has 1 aliphatic carbocycles. The van der Waals surface area contributed by atoms with E-state index in [1.165, 1.54) is 17.0 Å². The number of imide groups is 1. The van der Waals surface area contributed by atoms with Crippen LogP contribution in [0.3, 0.4) is 0 Å². The summed E-state index contributed by atoms with van der Waals surface area (Å²) in [5.74, 6) is -0.303. The Labute approximate surface area is 146 Å². The van der Waals surface area contributed by atoms with Gasteiger partial charge in [0.2, 0.25) is 11.8 Å². The predicted molar refractivity (Wildman–Crippen MR) is 88.9 cm³/mol. The summed E-state index contributed by atoms with van der Waals surface area (Å²) in [5.41, 5.74) is 0.497. The van der Waals surface area contributed by atoms with Gasteiger partial charge >= 0.3 is 0 Å². The number of ether oxygens (including phenoxy) is 1. The van der Waals surface area contributed by atoms with E-state index < -0.39 is 5.41 Å². The number of halogens is 1. The molecule has 1 aromatic rings. The zero-order chi connectivity index (χ0) is 17.4. The Morgan fingerprint density at radius 1 is 1.16 bits per heavy atom. The van der Waals surface area contributed by atoms with Crippen LogP contribution >= 0.6 is 0 Å². The van der Waals surface area contributed by atoms with Crippen LogP contribution < -0.4 is 0 Å². The summed E-state index contributed by atoms with van der Waals surface area (Å²) in [5, 5.41) is 0. The van der Waals surface area contributed by atoms with Crippen molar-refractivity contribution in [1.82, 2.24) is 9.80 Å². The van der Waals surface area contributed by atoms with Crippen LogP contribution in [0.25, 0.3) is 0 Å². The summed E-state index contributed by atoms with van der Waals surface area (Å²) in [6.45, 7) is 2.14. The zero-order valence-corrected chi connectivity index (χ0v) is 14.2. The number of hydrogen-bond donors (Lipinski definition) is 0. The third-order valence-corrected chi connectivity index (χ3v) is 5.78. The number of hydrogen-bond acceptors (Lipinski definition) is 4. The summed E-state index contributed by atoms with van der Waals surface area (Å²) in [6, 6.07) is 6.30. The van der Waals surface area contributed by atoms with Gasteiger partial charge in [-0.15, -0.1) is 0 Å². The van der Waals surface area contributed by atoms with Gasteiger partial charge in [-0.2, -0.15) is 0 Å². The third-order valence-electron chi connectivity index (χ3n) is 5.78. The van der Waals surface area contributed by atoms with Gasteiger partial charge in [0.05, 0.1) is 24.8 Å². The Kier molecular flexibility index (Phi) is 4.33. The highest BCUT2D eigenvalue weighted by atomic mass is 19.1. The van der Waals surface area contributed by atoms with Crippen LogP contribution in [0, 0.1) is 11.2 Å². The van der Waals surface area contributed by atoms with E-state index in [0.29, 0.717) is 32.8 Å². The Morgan fingerprint density at radius 2 is 1.88 bits per heavy atom. The third kappa shape index (κ3) is 3.09. The molecule has 2 aliphatic heterocycles. The van der Waals surface area contributed by atoms with Crippen molar-refractivity contribution in [1.29, 1.82) is 0 Å². The quantitative estimate of drug-likeness (QED) is 0.789. The molecule has 5 nitrogen and oxygen atoms in total. The highest BCUT2D eigenvalue weighted by Crippen LogP contribution is 2.46. The van der Waals surface area contributed by atoms with Crippen molar-refractivity contribution in [2.24, 2.45) is 5.41 Å². The van der Waals surface area contributed by atoms with E-state index in [1.807, 2.05) is 0 Å². The fourth-order valence-corrected chi connectivity index (χ4v) is 4.36. The molecule has 1 spiro atoms. The largest absolute Gasteiger partial charge is 0.371 e. The molecule has 1 saturated carbocycles. The van der Waals surface area contributed by atoms with Crippen molar-refractivity contribution < 1.29 is 18.7 Å². The number of amides is 2. The van der Waals surface area contributed by atoms with Gasteiger partial charge in [-0.3, -0.25) is 19.4 Å². The Bertz CT molecular complexity index is 670. The second-order valence-electron chi connectivity index (χ2n) is 7.42. The topological polar surface area (TPSA) is 49.9 Å². The van der Waals surface area contributed by atoms with Crippen LogP contribution in [0.1, 0.15) is 43.8 Å². The molecule has 6 heteroatoms. The van der Waals surface area contributed by atoms with Crippen LogP contribution in [-0.2, 0) is 14.3 Å². The first-order chi connectivity index (χ1) is 12.1. The van der Waals surface area contributed by atoms with Gasteiger partial charge < -0.3 is 4.74 Å². The van der Waals surface area contributed by atoms with Gasteiger partial charge in [-0.25, -0.2) is 4.39 Å². The minimum absolute atomic E-state index is 0.0137. The van der Waals surface area contributed by atoms with Crippen LogP contribution in [0.15, 0.2) is 24.3 Å². The number of benzene rings is 1. The van der Waals surface area contributed by atoms with Crippen LogP contribution in [-0.4, -0.2) is 48.0 Å². The number of carbonyl (C=O) groups is 2. The minimum atomic E-state index is -0.417. The van der Waals surface area contributed by atoms with Crippen molar-refractivity contribution in [3.63, 3.8) is 0 Å². The maximum absolute atomic E-state index is 13.1. The van der Waals surface area contributed by atoms with E-state index >= 15 is 0 Å². The number of morpholine rings is 1. The van der Waals surface area contributed by atoms with E-state index in [0.717, 1.165) is 31.2 Å². The van der Waals surface area contributed by atoms with Crippen molar-refractivity contribution in [2.45, 2.75) is 38.2 Å². The van der Waals surface area contributed by atoms with Gasteiger partial charge in [0.25, 0.3) is 0 Å². The fourth-order valence-electron chi connectivity index (χ4n) is 4.36. The van der Waals surface area contributed by atoms with Gasteiger partial charge in [-0.1, -0.05) is 25.0 Å². The molecule has 2 saturated heterocycles. The molecule has 2 amide bonds. The molecule has 1 unspecified atom stereocenters. The average molecular weight is 346 g/mol. The Balaban J connectivity index is 1.43. The maximum Gasteiger partial charge on any atom is 0.237 e. The first kappa shape index (κ1) is 16.7. The maximum atomic E-state index is 13.1. The summed E-state index contributed by atoms with van der Waals surface area (Å²) < 4.78 is 18.9. The molecule has 3 aliphatic rings. The highest BCUT2D eigenvalue weighted by molar-refractivity contribution is 6.06. The van der Waals surface area contributed by atoms with Crippen molar-refractivity contribution >= 4 is 11.8 Å². The molecule has 134 valence electrons. The summed E-state index contributed by atoms with van der Waals surface area (Å²) >= 11 is 0. The van der Waals surface area contributed by atoms with Gasteiger partial charge in [-0.05, 0) is 30.5 Å². The second-order valence-corrected chi connectivity index (χ2v) is 7.42. The Morgan fingerprint density at radius 3 is 2.60 bits per heavy atom. The molecule has 1 aromatic carbocycles. The average Bonchev–Trinajstić information content (AvgIpc) is 3.17. The predicted octanol–water partition coefficient (Wildman–Crippen LogP) is 2.48. The minimum Gasteiger partial charge on any atom is -0.371 e. The summed E-state index contributed by atoms with van der Waals surface area (Å²) in [6.07, 6.45) is 3.97. The van der Waals surface area contributed by atoms with E-state index in [4.69, 9.17) is 4.74 Å². The van der Waals surface area contributed by atoms with E-state index in [2.05, 4.69) is 4.90 Å². The highest BCUT2D eigenvalue weighted by Gasteiger charge is 2.52. The molecular weight excluding hydrogens is 323 g/mol. The van der Waals surface area contributed by atoms with Crippen LogP contribution in [0.5, 0.6) is 0 Å². The monoisotopic (exact) mass is 346 g/mol. The standard InChI is InChI=1S/C19H23FN2O3/c20-15-5-3-14(4-6-15)16-12-21(9-10-25-16)13-22-17(23)11-19(18(22)24)7-1-2-8-19/h3-6,16H,1-2,7-13H2. The SMILES string of the molecule is O=C1CC2(CCCC2)C(=O)N1CN1CCOC(c2ccc(F)cc2)C1. The van der Waals surface area contributed by atoms with Crippen LogP contribution in [0.4, 0.5) is 4.39 Å². The van der Waals surface area contributed by atoms with Crippen molar-refractivity contribution in [3.05, 3.63) is 35.6 Å². The molecule has 25 heavy (non-hydrogen) atoms. The van der Waals surface area contributed by atoms with Crippen LogP contribution in [0.2, 0.25) is 0 Å². The lowest BCUT2D eigenvalue weighted by molar-refractivity contribution is -0.145. The first-order valence-corrected chi connectivity index (χ1v) is 9.02. The smallest absolute Gasteiger partial charge is 0.237 e. The van der Waals surface area contributed by atoms with Crippen molar-refractivity contribution in [3.8, 4) is 0 Å². The molecule has 3 fully saturated rings. The molecular formula is C19H23FN2O3. The summed E-state index contributed by atoms with van der Waals surface area (Å²) in [7, 11) is 0. The fraction of sp³-hybridized carbons (Fsp3) is 0.579. The van der Waals surface area contributed by atoms with Gasteiger partial charge in [0, 0.05) is 19.5 Å². The normalized spacial score (nSPS) is 26.8. The van der Waals surface area contributed by atoms with E-state index in [9.17, 15) is 14.0 Å². The molecule has 1 atom stereocenters.